The predicted octanol–water partition coefficient (Wildman–Crippen LogP) is -0.671. The van der Waals surface area contributed by atoms with E-state index in [1.165, 1.54) is 0 Å². The number of amides is 2. The van der Waals surface area contributed by atoms with E-state index in [9.17, 15) is 9.59 Å². The van der Waals surface area contributed by atoms with Crippen molar-refractivity contribution in [2.45, 2.75) is 0 Å². The van der Waals surface area contributed by atoms with Crippen LogP contribution in [0.25, 0.3) is 0 Å². The first-order valence-electron chi connectivity index (χ1n) is 1.93. The number of nitrogens with one attached hydrogen (secondary N) is 2. The van der Waals surface area contributed by atoms with Crippen molar-refractivity contribution >= 4 is 25.1 Å². The lowest BCUT2D eigenvalue weighted by atomic mass is 10.7. The third-order valence-corrected chi connectivity index (χ3v) is 0.651. The molecule has 0 aliphatic carbocycles. The molecule has 0 atom stereocenters. The molecule has 0 aliphatic rings. The van der Waals surface area contributed by atoms with Crippen LogP contribution in [0.15, 0.2) is 0 Å². The Morgan fingerprint density at radius 2 is 2.38 bits per heavy atom. The SMILES string of the molecule is O=CCNC(=O)NS. The van der Waals surface area contributed by atoms with E-state index in [-0.39, 0.29) is 6.54 Å². The van der Waals surface area contributed by atoms with Crippen LogP contribution in [0, 0.1) is 0 Å². The van der Waals surface area contributed by atoms with Gasteiger partial charge in [0.2, 0.25) is 0 Å². The van der Waals surface area contributed by atoms with Crippen LogP contribution in [0.4, 0.5) is 4.79 Å². The number of urea groups is 1. The Bertz CT molecular complexity index is 95.3. The summed E-state index contributed by atoms with van der Waals surface area (Å²) in [5.74, 6) is 0. The quantitative estimate of drug-likeness (QED) is 0.346. The van der Waals surface area contributed by atoms with Crippen LogP contribution in [0.2, 0.25) is 0 Å². The van der Waals surface area contributed by atoms with Crippen LogP contribution in [0.3, 0.4) is 0 Å². The molecule has 0 unspecified atom stereocenters. The third kappa shape index (κ3) is 3.48. The van der Waals surface area contributed by atoms with Gasteiger partial charge in [-0.25, -0.2) is 4.79 Å². The summed E-state index contributed by atoms with van der Waals surface area (Å²) in [4.78, 5) is 19.7. The summed E-state index contributed by atoms with van der Waals surface area (Å²) in [5.41, 5.74) is 0. The van der Waals surface area contributed by atoms with Crippen molar-refractivity contribution in [2.75, 3.05) is 6.54 Å². The summed E-state index contributed by atoms with van der Waals surface area (Å²) >= 11 is 3.41. The van der Waals surface area contributed by atoms with Crippen molar-refractivity contribution in [3.05, 3.63) is 0 Å². The molecule has 0 aliphatic heterocycles. The van der Waals surface area contributed by atoms with Gasteiger partial charge in [0, 0.05) is 0 Å². The lowest BCUT2D eigenvalue weighted by Crippen LogP contribution is -2.31. The van der Waals surface area contributed by atoms with Gasteiger partial charge in [-0.3, -0.25) is 4.72 Å². The molecule has 0 radical (unpaired) electrons. The van der Waals surface area contributed by atoms with E-state index in [4.69, 9.17) is 0 Å². The molecule has 2 N–H and O–H groups in total. The van der Waals surface area contributed by atoms with Gasteiger partial charge in [-0.05, 0) is 0 Å². The number of carbonyl (C=O) groups is 2. The highest BCUT2D eigenvalue weighted by atomic mass is 32.1. The van der Waals surface area contributed by atoms with Crippen LogP contribution in [0.1, 0.15) is 0 Å². The minimum absolute atomic E-state index is 0.0202. The van der Waals surface area contributed by atoms with Gasteiger partial charge in [-0.15, -0.1) is 0 Å². The number of carbonyl (C=O) groups excluding carboxylic acids is 2. The summed E-state index contributed by atoms with van der Waals surface area (Å²) in [6.07, 6.45) is 0.586. The van der Waals surface area contributed by atoms with Gasteiger partial charge in [0.1, 0.15) is 6.29 Å². The number of rotatable bonds is 2. The van der Waals surface area contributed by atoms with E-state index in [1.54, 1.807) is 0 Å². The Kier molecular flexibility index (Phi) is 4.05. The molecular formula is C3H6N2O2S. The largest absolute Gasteiger partial charge is 0.331 e. The number of hydrogen-bond acceptors (Lipinski definition) is 3. The molecule has 0 saturated heterocycles. The molecule has 0 fully saturated rings. The summed E-state index contributed by atoms with van der Waals surface area (Å²) in [6.45, 7) is 0.0202. The first kappa shape index (κ1) is 7.29. The maximum Gasteiger partial charge on any atom is 0.324 e. The molecule has 0 aromatic carbocycles. The molecular weight excluding hydrogens is 128 g/mol. The van der Waals surface area contributed by atoms with Crippen LogP contribution >= 0.6 is 12.8 Å². The van der Waals surface area contributed by atoms with E-state index in [2.05, 4.69) is 18.1 Å². The van der Waals surface area contributed by atoms with Gasteiger partial charge >= 0.3 is 6.03 Å². The van der Waals surface area contributed by atoms with E-state index >= 15 is 0 Å². The van der Waals surface area contributed by atoms with E-state index in [1.807, 2.05) is 4.72 Å². The number of aldehydes is 1. The molecule has 0 spiro atoms. The maximum atomic E-state index is 10.1. The summed E-state index contributed by atoms with van der Waals surface area (Å²) in [5, 5.41) is 2.19. The molecule has 0 rings (SSSR count). The number of hydrogen-bond donors (Lipinski definition) is 3. The Balaban J connectivity index is 3.11. The lowest BCUT2D eigenvalue weighted by Gasteiger charge is -1.94. The monoisotopic (exact) mass is 134 g/mol. The topological polar surface area (TPSA) is 58.2 Å². The highest BCUT2D eigenvalue weighted by Crippen LogP contribution is 1.62. The van der Waals surface area contributed by atoms with Crippen molar-refractivity contribution in [1.82, 2.24) is 10.0 Å². The second-order valence-corrected chi connectivity index (χ2v) is 1.21. The first-order chi connectivity index (χ1) is 3.81. The number of thiol groups is 1. The second-order valence-electron chi connectivity index (χ2n) is 0.988. The maximum absolute atomic E-state index is 10.1. The van der Waals surface area contributed by atoms with Gasteiger partial charge in [0.05, 0.1) is 6.54 Å². The minimum atomic E-state index is -0.472. The average molecular weight is 134 g/mol. The molecule has 0 bridgehead atoms. The average Bonchev–Trinajstić information content (AvgIpc) is 1.83. The van der Waals surface area contributed by atoms with E-state index in [0.717, 1.165) is 0 Å². The standard InChI is InChI=1S/C3H6N2O2S/c6-2-1-4-3(7)5-8/h2,8H,1H2,(H2,4,5,7). The van der Waals surface area contributed by atoms with Crippen molar-refractivity contribution in [1.29, 1.82) is 0 Å². The Morgan fingerprint density at radius 3 is 2.75 bits per heavy atom. The van der Waals surface area contributed by atoms with Gasteiger partial charge in [-0.2, -0.15) is 0 Å². The predicted molar refractivity (Wildman–Crippen MR) is 31.6 cm³/mol. The van der Waals surface area contributed by atoms with Crippen molar-refractivity contribution in [3.8, 4) is 0 Å². The molecule has 46 valence electrons. The Labute approximate surface area is 52.2 Å². The van der Waals surface area contributed by atoms with Crippen LogP contribution in [-0.4, -0.2) is 18.9 Å². The Morgan fingerprint density at radius 1 is 1.75 bits per heavy atom. The first-order valence-corrected chi connectivity index (χ1v) is 2.37. The van der Waals surface area contributed by atoms with Gasteiger partial charge in [0.15, 0.2) is 0 Å². The molecule has 8 heavy (non-hydrogen) atoms. The van der Waals surface area contributed by atoms with Crippen molar-refractivity contribution in [3.63, 3.8) is 0 Å². The van der Waals surface area contributed by atoms with E-state index < -0.39 is 6.03 Å². The molecule has 2 amide bonds. The zero-order valence-corrected chi connectivity index (χ0v) is 4.94. The van der Waals surface area contributed by atoms with Crippen LogP contribution < -0.4 is 10.0 Å². The fourth-order valence-corrected chi connectivity index (χ4v) is 0.253. The highest BCUT2D eigenvalue weighted by Gasteiger charge is 1.90. The summed E-state index contributed by atoms with van der Waals surface area (Å²) < 4.78 is 1.99. The van der Waals surface area contributed by atoms with Crippen molar-refractivity contribution in [2.24, 2.45) is 0 Å². The molecule has 0 heterocycles. The van der Waals surface area contributed by atoms with Gasteiger partial charge in [-0.1, -0.05) is 12.8 Å². The van der Waals surface area contributed by atoms with Gasteiger partial charge < -0.3 is 10.1 Å². The summed E-state index contributed by atoms with van der Waals surface area (Å²) in [7, 11) is 0. The Hall–Kier alpha value is -0.710. The van der Waals surface area contributed by atoms with Gasteiger partial charge in [0.25, 0.3) is 0 Å². The normalized spacial score (nSPS) is 7.62. The minimum Gasteiger partial charge on any atom is -0.331 e. The lowest BCUT2D eigenvalue weighted by molar-refractivity contribution is -0.107. The summed E-state index contributed by atoms with van der Waals surface area (Å²) in [6, 6.07) is -0.472. The molecule has 4 nitrogen and oxygen atoms in total. The fourth-order valence-electron chi connectivity index (χ4n) is 0.174. The fraction of sp³-hybridized carbons (Fsp3) is 0.333. The van der Waals surface area contributed by atoms with Crippen LogP contribution in [-0.2, 0) is 4.79 Å². The van der Waals surface area contributed by atoms with E-state index in [0.29, 0.717) is 6.29 Å². The third-order valence-electron chi connectivity index (χ3n) is 0.447. The highest BCUT2D eigenvalue weighted by molar-refractivity contribution is 7.78. The smallest absolute Gasteiger partial charge is 0.324 e. The zero-order valence-electron chi connectivity index (χ0n) is 4.05. The zero-order chi connectivity index (χ0) is 6.41. The molecule has 5 heteroatoms. The molecule has 0 saturated carbocycles. The second kappa shape index (κ2) is 4.45. The molecule has 0 aromatic rings. The van der Waals surface area contributed by atoms with Crippen molar-refractivity contribution < 1.29 is 9.59 Å². The van der Waals surface area contributed by atoms with Crippen LogP contribution in [0.5, 0.6) is 0 Å². The molecule has 0 aromatic heterocycles.